The van der Waals surface area contributed by atoms with Crippen LogP contribution in [0.4, 0.5) is 0 Å². The molecule has 0 radical (unpaired) electrons. The second kappa shape index (κ2) is 4.45. The quantitative estimate of drug-likeness (QED) is 0.866. The molecule has 0 spiro atoms. The van der Waals surface area contributed by atoms with Crippen molar-refractivity contribution in [3.8, 4) is 0 Å². The molecular formula is C14H23N3. The number of fused-ring (bicyclic) bond motifs is 1. The van der Waals surface area contributed by atoms with Gasteiger partial charge in [0.2, 0.25) is 0 Å². The van der Waals surface area contributed by atoms with Gasteiger partial charge < -0.3 is 9.88 Å². The summed E-state index contributed by atoms with van der Waals surface area (Å²) in [5.74, 6) is 4.04. The second-order valence-electron chi connectivity index (χ2n) is 5.53. The highest BCUT2D eigenvalue weighted by Gasteiger charge is 2.54. The van der Waals surface area contributed by atoms with Gasteiger partial charge in [0.25, 0.3) is 0 Å². The molecule has 2 fully saturated rings. The van der Waals surface area contributed by atoms with Crippen LogP contribution in [-0.2, 0) is 6.54 Å². The highest BCUT2D eigenvalue weighted by Crippen LogP contribution is 2.60. The molecule has 0 bridgehead atoms. The first kappa shape index (κ1) is 11.3. The van der Waals surface area contributed by atoms with Crippen molar-refractivity contribution >= 4 is 0 Å². The highest BCUT2D eigenvalue weighted by atomic mass is 15.1. The summed E-state index contributed by atoms with van der Waals surface area (Å²) in [4.78, 5) is 4.58. The van der Waals surface area contributed by atoms with E-state index in [9.17, 15) is 0 Å². The molecule has 3 unspecified atom stereocenters. The third kappa shape index (κ3) is 1.81. The van der Waals surface area contributed by atoms with Crippen LogP contribution in [0.2, 0.25) is 0 Å². The average molecular weight is 233 g/mol. The van der Waals surface area contributed by atoms with Crippen LogP contribution >= 0.6 is 0 Å². The lowest BCUT2D eigenvalue weighted by Gasteiger charge is -2.17. The molecule has 0 aromatic carbocycles. The smallest absolute Gasteiger partial charge is 0.126 e. The van der Waals surface area contributed by atoms with Crippen LogP contribution in [-0.4, -0.2) is 16.6 Å². The zero-order valence-electron chi connectivity index (χ0n) is 10.9. The molecule has 1 aromatic rings. The van der Waals surface area contributed by atoms with E-state index in [1.807, 2.05) is 6.20 Å². The van der Waals surface area contributed by atoms with E-state index in [4.69, 9.17) is 0 Å². The fourth-order valence-electron chi connectivity index (χ4n) is 3.90. The largest absolute Gasteiger partial charge is 0.334 e. The first-order valence-electron chi connectivity index (χ1n) is 7.05. The van der Waals surface area contributed by atoms with E-state index in [0.29, 0.717) is 6.04 Å². The summed E-state index contributed by atoms with van der Waals surface area (Å²) < 4.78 is 2.28. The minimum atomic E-state index is 0.470. The Balaban J connectivity index is 1.80. The van der Waals surface area contributed by atoms with Crippen molar-refractivity contribution in [2.45, 2.75) is 45.2 Å². The third-order valence-corrected chi connectivity index (χ3v) is 4.79. The summed E-state index contributed by atoms with van der Waals surface area (Å²) in [6.07, 6.45) is 9.81. The summed E-state index contributed by atoms with van der Waals surface area (Å²) >= 11 is 0. The Hall–Kier alpha value is -0.830. The van der Waals surface area contributed by atoms with Gasteiger partial charge in [0.1, 0.15) is 5.82 Å². The number of hydrogen-bond donors (Lipinski definition) is 1. The number of aryl methyl sites for hydroxylation is 1. The number of nitrogens with zero attached hydrogens (tertiary/aromatic N) is 2. The van der Waals surface area contributed by atoms with Gasteiger partial charge in [-0.1, -0.05) is 12.8 Å². The zero-order valence-corrected chi connectivity index (χ0v) is 10.9. The van der Waals surface area contributed by atoms with Crippen molar-refractivity contribution in [2.24, 2.45) is 17.8 Å². The predicted octanol–water partition coefficient (Wildman–Crippen LogP) is 2.60. The van der Waals surface area contributed by atoms with Gasteiger partial charge >= 0.3 is 0 Å². The number of rotatable bonds is 4. The van der Waals surface area contributed by atoms with Crippen LogP contribution in [0, 0.1) is 17.8 Å². The Morgan fingerprint density at radius 2 is 2.12 bits per heavy atom. The molecule has 2 saturated carbocycles. The maximum Gasteiger partial charge on any atom is 0.126 e. The first-order chi connectivity index (χ1) is 8.36. The van der Waals surface area contributed by atoms with Crippen LogP contribution in [0.15, 0.2) is 12.4 Å². The van der Waals surface area contributed by atoms with E-state index >= 15 is 0 Å². The van der Waals surface area contributed by atoms with Gasteiger partial charge in [0.15, 0.2) is 0 Å². The van der Waals surface area contributed by atoms with Crippen molar-refractivity contribution in [3.05, 3.63) is 18.2 Å². The van der Waals surface area contributed by atoms with Crippen molar-refractivity contribution in [1.82, 2.24) is 14.9 Å². The van der Waals surface area contributed by atoms with E-state index in [1.54, 1.807) is 0 Å². The Bertz CT molecular complexity index is 373. The molecule has 3 atom stereocenters. The molecule has 3 nitrogen and oxygen atoms in total. The summed E-state index contributed by atoms with van der Waals surface area (Å²) in [6.45, 7) is 3.22. The minimum absolute atomic E-state index is 0.470. The Morgan fingerprint density at radius 3 is 2.71 bits per heavy atom. The molecule has 0 aliphatic heterocycles. The van der Waals surface area contributed by atoms with E-state index < -0.39 is 0 Å². The number of hydrogen-bond acceptors (Lipinski definition) is 2. The van der Waals surface area contributed by atoms with Gasteiger partial charge in [-0.25, -0.2) is 4.98 Å². The fraction of sp³-hybridized carbons (Fsp3) is 0.786. The van der Waals surface area contributed by atoms with Crippen LogP contribution in [0.1, 0.15) is 44.5 Å². The first-order valence-corrected chi connectivity index (χ1v) is 7.05. The third-order valence-electron chi connectivity index (χ3n) is 4.79. The lowest BCUT2D eigenvalue weighted by Crippen LogP contribution is -2.23. The second-order valence-corrected chi connectivity index (χ2v) is 5.53. The van der Waals surface area contributed by atoms with Gasteiger partial charge in [-0.15, -0.1) is 0 Å². The molecule has 2 aliphatic carbocycles. The summed E-state index contributed by atoms with van der Waals surface area (Å²) in [5, 5.41) is 3.51. The van der Waals surface area contributed by atoms with Gasteiger partial charge in [0.05, 0.1) is 6.04 Å². The molecule has 94 valence electrons. The molecule has 2 aliphatic rings. The topological polar surface area (TPSA) is 29.9 Å². The van der Waals surface area contributed by atoms with E-state index in [1.165, 1.54) is 31.5 Å². The van der Waals surface area contributed by atoms with Crippen LogP contribution in [0.5, 0.6) is 0 Å². The van der Waals surface area contributed by atoms with E-state index in [2.05, 4.69) is 35.0 Å². The van der Waals surface area contributed by atoms with Crippen molar-refractivity contribution in [3.63, 3.8) is 0 Å². The fourth-order valence-corrected chi connectivity index (χ4v) is 3.90. The van der Waals surface area contributed by atoms with Gasteiger partial charge in [-0.05, 0) is 44.6 Å². The molecule has 1 aromatic heterocycles. The highest BCUT2D eigenvalue weighted by molar-refractivity contribution is 5.12. The molecule has 17 heavy (non-hydrogen) atoms. The van der Waals surface area contributed by atoms with Gasteiger partial charge in [-0.2, -0.15) is 0 Å². The number of nitrogens with one attached hydrogen (secondary N) is 1. The molecule has 1 heterocycles. The molecule has 3 rings (SSSR count). The maximum atomic E-state index is 4.58. The minimum Gasteiger partial charge on any atom is -0.334 e. The standard InChI is InChI=1S/C14H23N3/c1-3-17-9-8-16-14(17)13(15-2)12-10-6-4-5-7-11(10)12/h8-13,15H,3-7H2,1-2H3. The monoisotopic (exact) mass is 233 g/mol. The normalized spacial score (nSPS) is 33.2. The van der Waals surface area contributed by atoms with Crippen LogP contribution in [0.25, 0.3) is 0 Å². The average Bonchev–Trinajstić information content (AvgIpc) is 2.89. The zero-order chi connectivity index (χ0) is 11.8. The molecule has 0 amide bonds. The summed E-state index contributed by atoms with van der Waals surface area (Å²) in [7, 11) is 2.09. The summed E-state index contributed by atoms with van der Waals surface area (Å²) in [6, 6.07) is 0.470. The van der Waals surface area contributed by atoms with E-state index in [-0.39, 0.29) is 0 Å². The molecule has 3 heteroatoms. The summed E-state index contributed by atoms with van der Waals surface area (Å²) in [5.41, 5.74) is 0. The lowest BCUT2D eigenvalue weighted by molar-refractivity contribution is 0.440. The SMILES string of the molecule is CCn1ccnc1C(NC)C1C2CCCCC21. The molecule has 1 N–H and O–H groups in total. The predicted molar refractivity (Wildman–Crippen MR) is 68.6 cm³/mol. The maximum absolute atomic E-state index is 4.58. The van der Waals surface area contributed by atoms with Crippen LogP contribution in [0.3, 0.4) is 0 Å². The number of imidazole rings is 1. The van der Waals surface area contributed by atoms with Crippen LogP contribution < -0.4 is 5.32 Å². The van der Waals surface area contributed by atoms with Crippen molar-refractivity contribution in [2.75, 3.05) is 7.05 Å². The number of aromatic nitrogens is 2. The van der Waals surface area contributed by atoms with Gasteiger partial charge in [0, 0.05) is 18.9 Å². The Labute approximate surface area is 104 Å². The molecule has 0 saturated heterocycles. The Kier molecular flexibility index (Phi) is 2.95. The van der Waals surface area contributed by atoms with Gasteiger partial charge in [-0.3, -0.25) is 0 Å². The van der Waals surface area contributed by atoms with Crippen molar-refractivity contribution < 1.29 is 0 Å². The van der Waals surface area contributed by atoms with Crippen molar-refractivity contribution in [1.29, 1.82) is 0 Å². The lowest BCUT2D eigenvalue weighted by atomic mass is 10.0. The molecular weight excluding hydrogens is 210 g/mol. The van der Waals surface area contributed by atoms with E-state index in [0.717, 1.165) is 24.3 Å². The Morgan fingerprint density at radius 1 is 1.41 bits per heavy atom.